The third kappa shape index (κ3) is 2.32. The van der Waals surface area contributed by atoms with Crippen LogP contribution in [0.4, 0.5) is 0 Å². The van der Waals surface area contributed by atoms with Gasteiger partial charge in [0.1, 0.15) is 5.69 Å². The number of nitrogens with zero attached hydrogens (tertiary/aromatic N) is 2. The summed E-state index contributed by atoms with van der Waals surface area (Å²) in [6.45, 7) is 4.65. The van der Waals surface area contributed by atoms with E-state index in [0.717, 1.165) is 17.4 Å². The first kappa shape index (κ1) is 11.2. The SMILES string of the molecule is C/C=C/C(=O)c1c(Br)cnn1CCC. The van der Waals surface area contributed by atoms with Crippen LogP contribution in [0.2, 0.25) is 0 Å². The zero-order chi connectivity index (χ0) is 10.6. The molecule has 0 unspecified atom stereocenters. The average molecular weight is 257 g/mol. The summed E-state index contributed by atoms with van der Waals surface area (Å²) in [5, 5.41) is 4.12. The van der Waals surface area contributed by atoms with Gasteiger partial charge in [0.25, 0.3) is 0 Å². The van der Waals surface area contributed by atoms with E-state index < -0.39 is 0 Å². The molecule has 0 aromatic carbocycles. The Balaban J connectivity index is 3.04. The third-order valence-electron chi connectivity index (χ3n) is 1.78. The molecule has 0 fully saturated rings. The molecular formula is C10H13BrN2O. The smallest absolute Gasteiger partial charge is 0.204 e. The highest BCUT2D eigenvalue weighted by Crippen LogP contribution is 2.17. The van der Waals surface area contributed by atoms with Crippen LogP contribution < -0.4 is 0 Å². The lowest BCUT2D eigenvalue weighted by molar-refractivity contribution is 0.103. The Hall–Kier alpha value is -0.900. The fourth-order valence-corrected chi connectivity index (χ4v) is 1.71. The van der Waals surface area contributed by atoms with Crippen molar-refractivity contribution in [3.8, 4) is 0 Å². The lowest BCUT2D eigenvalue weighted by Crippen LogP contribution is -2.09. The van der Waals surface area contributed by atoms with E-state index >= 15 is 0 Å². The number of aromatic nitrogens is 2. The van der Waals surface area contributed by atoms with Gasteiger partial charge in [-0.2, -0.15) is 5.10 Å². The van der Waals surface area contributed by atoms with Gasteiger partial charge in [-0.1, -0.05) is 13.0 Å². The quantitative estimate of drug-likeness (QED) is 0.614. The molecule has 0 saturated carbocycles. The van der Waals surface area contributed by atoms with Gasteiger partial charge in [0.15, 0.2) is 0 Å². The molecule has 0 spiro atoms. The summed E-state index contributed by atoms with van der Waals surface area (Å²) in [6.07, 6.45) is 5.91. The van der Waals surface area contributed by atoms with E-state index in [0.29, 0.717) is 5.69 Å². The predicted octanol–water partition coefficient (Wildman–Crippen LogP) is 2.81. The van der Waals surface area contributed by atoms with Crippen molar-refractivity contribution in [2.45, 2.75) is 26.8 Å². The zero-order valence-corrected chi connectivity index (χ0v) is 9.91. The van der Waals surface area contributed by atoms with Crippen LogP contribution in [0.15, 0.2) is 22.8 Å². The molecule has 76 valence electrons. The summed E-state index contributed by atoms with van der Waals surface area (Å²) in [5.41, 5.74) is 0.630. The van der Waals surface area contributed by atoms with E-state index in [4.69, 9.17) is 0 Å². The van der Waals surface area contributed by atoms with E-state index in [1.165, 1.54) is 0 Å². The first-order chi connectivity index (χ1) is 6.70. The minimum absolute atomic E-state index is 0.00896. The van der Waals surface area contributed by atoms with Crippen LogP contribution in [0.5, 0.6) is 0 Å². The Morgan fingerprint density at radius 1 is 1.71 bits per heavy atom. The molecule has 0 bridgehead atoms. The number of allylic oxidation sites excluding steroid dienone is 2. The molecule has 0 aliphatic rings. The molecule has 14 heavy (non-hydrogen) atoms. The van der Waals surface area contributed by atoms with Crippen molar-refractivity contribution in [1.82, 2.24) is 9.78 Å². The summed E-state index contributed by atoms with van der Waals surface area (Å²) in [5.74, 6) is -0.00896. The topological polar surface area (TPSA) is 34.9 Å². The standard InChI is InChI=1S/C10H13BrN2O/c1-3-5-9(14)10-8(11)7-12-13(10)6-4-2/h3,5,7H,4,6H2,1-2H3/b5-3+. The van der Waals surface area contributed by atoms with E-state index in [-0.39, 0.29) is 5.78 Å². The normalized spacial score (nSPS) is 11.1. The Morgan fingerprint density at radius 3 is 3.00 bits per heavy atom. The van der Waals surface area contributed by atoms with Gasteiger partial charge in [-0.05, 0) is 35.4 Å². The van der Waals surface area contributed by atoms with E-state index in [9.17, 15) is 4.79 Å². The second kappa shape index (κ2) is 5.10. The molecule has 0 aliphatic carbocycles. The van der Waals surface area contributed by atoms with Gasteiger partial charge in [0.05, 0.1) is 10.7 Å². The number of carbonyl (C=O) groups excluding carboxylic acids is 1. The molecule has 1 heterocycles. The summed E-state index contributed by atoms with van der Waals surface area (Å²) in [7, 11) is 0. The maximum Gasteiger partial charge on any atom is 0.204 e. The van der Waals surface area contributed by atoms with Crippen molar-refractivity contribution >= 4 is 21.7 Å². The lowest BCUT2D eigenvalue weighted by atomic mass is 10.2. The summed E-state index contributed by atoms with van der Waals surface area (Å²) in [4.78, 5) is 11.6. The molecule has 0 atom stereocenters. The van der Waals surface area contributed by atoms with Gasteiger partial charge >= 0.3 is 0 Å². The first-order valence-corrected chi connectivity index (χ1v) is 5.38. The van der Waals surface area contributed by atoms with Crippen molar-refractivity contribution in [1.29, 1.82) is 0 Å². The number of aryl methyl sites for hydroxylation is 1. The molecule has 1 rings (SSSR count). The van der Waals surface area contributed by atoms with Crippen LogP contribution in [0.1, 0.15) is 30.8 Å². The monoisotopic (exact) mass is 256 g/mol. The molecule has 0 aliphatic heterocycles. The summed E-state index contributed by atoms with van der Waals surface area (Å²) in [6, 6.07) is 0. The minimum Gasteiger partial charge on any atom is -0.288 e. The van der Waals surface area contributed by atoms with E-state index in [1.54, 1.807) is 23.0 Å². The molecule has 0 saturated heterocycles. The largest absolute Gasteiger partial charge is 0.288 e. The molecule has 0 N–H and O–H groups in total. The van der Waals surface area contributed by atoms with E-state index in [1.807, 2.05) is 6.92 Å². The van der Waals surface area contributed by atoms with Gasteiger partial charge in [-0.25, -0.2) is 0 Å². The lowest BCUT2D eigenvalue weighted by Gasteiger charge is -2.02. The molecule has 1 aromatic heterocycles. The van der Waals surface area contributed by atoms with Gasteiger partial charge in [-0.3, -0.25) is 9.48 Å². The third-order valence-corrected chi connectivity index (χ3v) is 2.36. The van der Waals surface area contributed by atoms with Crippen LogP contribution in [0.25, 0.3) is 0 Å². The predicted molar refractivity (Wildman–Crippen MR) is 59.4 cm³/mol. The van der Waals surface area contributed by atoms with Gasteiger partial charge < -0.3 is 0 Å². The van der Waals surface area contributed by atoms with Gasteiger partial charge in [0, 0.05) is 6.54 Å². The second-order valence-corrected chi connectivity index (χ2v) is 3.78. The van der Waals surface area contributed by atoms with Crippen molar-refractivity contribution in [3.05, 3.63) is 28.5 Å². The van der Waals surface area contributed by atoms with Crippen molar-refractivity contribution in [3.63, 3.8) is 0 Å². The van der Waals surface area contributed by atoms with Crippen LogP contribution >= 0.6 is 15.9 Å². The highest BCUT2D eigenvalue weighted by Gasteiger charge is 2.13. The average Bonchev–Trinajstić information content (AvgIpc) is 2.48. The molecule has 4 heteroatoms. The Kier molecular flexibility index (Phi) is 4.07. The Bertz CT molecular complexity index is 355. The number of rotatable bonds is 4. The zero-order valence-electron chi connectivity index (χ0n) is 8.33. The summed E-state index contributed by atoms with van der Waals surface area (Å²) >= 11 is 3.32. The molecular weight excluding hydrogens is 244 g/mol. The highest BCUT2D eigenvalue weighted by atomic mass is 79.9. The molecule has 3 nitrogen and oxygen atoms in total. The van der Waals surface area contributed by atoms with Crippen LogP contribution in [-0.2, 0) is 6.54 Å². The number of hydrogen-bond acceptors (Lipinski definition) is 2. The fraction of sp³-hybridized carbons (Fsp3) is 0.400. The number of ketones is 1. The van der Waals surface area contributed by atoms with Gasteiger partial charge in [0.2, 0.25) is 5.78 Å². The van der Waals surface area contributed by atoms with Crippen molar-refractivity contribution in [2.75, 3.05) is 0 Å². The van der Waals surface area contributed by atoms with Crippen molar-refractivity contribution < 1.29 is 4.79 Å². The molecule has 0 amide bonds. The summed E-state index contributed by atoms with van der Waals surface area (Å²) < 4.78 is 2.49. The Labute approximate surface area is 91.9 Å². The molecule has 1 aromatic rings. The number of halogens is 1. The second-order valence-electron chi connectivity index (χ2n) is 2.93. The van der Waals surface area contributed by atoms with Crippen LogP contribution in [0.3, 0.4) is 0 Å². The fourth-order valence-electron chi connectivity index (χ4n) is 1.22. The minimum atomic E-state index is -0.00896. The Morgan fingerprint density at radius 2 is 2.43 bits per heavy atom. The molecule has 0 radical (unpaired) electrons. The maximum atomic E-state index is 11.6. The van der Waals surface area contributed by atoms with Crippen LogP contribution in [-0.4, -0.2) is 15.6 Å². The van der Waals surface area contributed by atoms with Crippen LogP contribution in [0, 0.1) is 0 Å². The number of carbonyl (C=O) groups is 1. The van der Waals surface area contributed by atoms with E-state index in [2.05, 4.69) is 28.0 Å². The first-order valence-electron chi connectivity index (χ1n) is 4.59. The van der Waals surface area contributed by atoms with Crippen molar-refractivity contribution in [2.24, 2.45) is 0 Å². The maximum absolute atomic E-state index is 11.6. The highest BCUT2D eigenvalue weighted by molar-refractivity contribution is 9.10. The van der Waals surface area contributed by atoms with Gasteiger partial charge in [-0.15, -0.1) is 0 Å². The number of hydrogen-bond donors (Lipinski definition) is 0.